The number of rotatable bonds is 1. The van der Waals surface area contributed by atoms with Gasteiger partial charge in [-0.1, -0.05) is 0 Å². The van der Waals surface area contributed by atoms with E-state index in [1.165, 1.54) is 17.1 Å². The van der Waals surface area contributed by atoms with Gasteiger partial charge in [0.2, 0.25) is 0 Å². The van der Waals surface area contributed by atoms with Gasteiger partial charge in [-0.15, -0.1) is 0 Å². The van der Waals surface area contributed by atoms with Crippen molar-refractivity contribution in [2.24, 2.45) is 0 Å². The summed E-state index contributed by atoms with van der Waals surface area (Å²) in [6.45, 7) is 2.10. The molecule has 1 aromatic carbocycles. The van der Waals surface area contributed by atoms with Crippen molar-refractivity contribution in [3.05, 3.63) is 29.7 Å². The molecule has 1 aromatic heterocycles. The van der Waals surface area contributed by atoms with E-state index in [-0.39, 0.29) is 20.5 Å². The van der Waals surface area contributed by atoms with Gasteiger partial charge >= 0.3 is 93.2 Å². The summed E-state index contributed by atoms with van der Waals surface area (Å²) in [5.41, 5.74) is 1.20. The molecule has 0 saturated carbocycles. The topological polar surface area (TPSA) is 24.9 Å². The van der Waals surface area contributed by atoms with Crippen LogP contribution in [0.15, 0.2) is 18.2 Å². The van der Waals surface area contributed by atoms with Gasteiger partial charge in [0.15, 0.2) is 0 Å². The fourth-order valence-corrected chi connectivity index (χ4v) is 3.96. The van der Waals surface area contributed by atoms with E-state index in [2.05, 4.69) is 9.30 Å². The summed E-state index contributed by atoms with van der Waals surface area (Å²) in [6, 6.07) is 5.06. The van der Waals surface area contributed by atoms with Crippen LogP contribution in [-0.2, 0) is 0 Å². The van der Waals surface area contributed by atoms with Crippen molar-refractivity contribution >= 4 is 24.4 Å². The van der Waals surface area contributed by atoms with E-state index in [9.17, 15) is 4.39 Å². The summed E-state index contributed by atoms with van der Waals surface area (Å²) in [5.74, 6) is 0.398. The van der Waals surface area contributed by atoms with Crippen LogP contribution >= 0.6 is 0 Å². The Kier molecular flexibility index (Phi) is 2.35. The van der Waals surface area contributed by atoms with Crippen LogP contribution in [0.25, 0.3) is 9.65 Å². The molecule has 2 nitrogen and oxygen atoms in total. The first-order valence-electron chi connectivity index (χ1n) is 5.10. The third-order valence-electron chi connectivity index (χ3n) is 2.91. The molecule has 1 fully saturated rings. The van der Waals surface area contributed by atoms with E-state index < -0.39 is 0 Å². The molecular weight excluding hydrogens is 258 g/mol. The van der Waals surface area contributed by atoms with Gasteiger partial charge in [0.25, 0.3) is 0 Å². The molecule has 1 saturated heterocycles. The first kappa shape index (κ1) is 9.52. The second kappa shape index (κ2) is 3.71. The van der Waals surface area contributed by atoms with Crippen molar-refractivity contribution in [2.75, 3.05) is 13.1 Å². The third-order valence-corrected chi connectivity index (χ3v) is 4.63. The van der Waals surface area contributed by atoms with Gasteiger partial charge in [-0.3, -0.25) is 0 Å². The molecule has 1 aliphatic rings. The van der Waals surface area contributed by atoms with Crippen LogP contribution in [0.4, 0.5) is 4.39 Å². The van der Waals surface area contributed by atoms with Crippen LogP contribution < -0.4 is 5.32 Å². The number of hydrogen-bond donors (Lipinski definition) is 1. The van der Waals surface area contributed by atoms with Gasteiger partial charge in [-0.25, -0.2) is 0 Å². The standard InChI is InChI=1S/C11H11FN2Se/c12-8-1-2-9-10(5-8)15-14-11(9)7-3-4-13-6-7/h1-2,5,7,13H,3-4,6H2/t7-/m1/s1. The zero-order valence-corrected chi connectivity index (χ0v) is 9.88. The second-order valence-corrected chi connectivity index (χ2v) is 5.59. The minimum absolute atomic E-state index is 0.0926. The predicted octanol–water partition coefficient (Wildman–Crippen LogP) is 1.51. The SMILES string of the molecule is Fc1ccc2c([C@@H]3CCNC3)n[se]c2c1. The van der Waals surface area contributed by atoms with Gasteiger partial charge in [-0.05, 0) is 0 Å². The summed E-state index contributed by atoms with van der Waals surface area (Å²) >= 11 is 0.0926. The zero-order valence-electron chi connectivity index (χ0n) is 8.16. The number of aromatic nitrogens is 1. The molecule has 4 heteroatoms. The van der Waals surface area contributed by atoms with Crippen molar-refractivity contribution in [1.29, 1.82) is 0 Å². The molecule has 1 N–H and O–H groups in total. The Hall–Kier alpha value is -0.701. The minimum atomic E-state index is -0.142. The quantitative estimate of drug-likeness (QED) is 0.794. The van der Waals surface area contributed by atoms with E-state index in [4.69, 9.17) is 0 Å². The number of fused-ring (bicyclic) bond motifs is 1. The molecule has 0 amide bonds. The molecule has 2 aromatic rings. The monoisotopic (exact) mass is 270 g/mol. The first-order chi connectivity index (χ1) is 7.34. The van der Waals surface area contributed by atoms with Gasteiger partial charge in [0.1, 0.15) is 0 Å². The molecule has 3 rings (SSSR count). The Bertz CT molecular complexity index is 488. The van der Waals surface area contributed by atoms with Crippen molar-refractivity contribution in [1.82, 2.24) is 9.30 Å². The molecule has 78 valence electrons. The number of hydrogen-bond acceptors (Lipinski definition) is 2. The van der Waals surface area contributed by atoms with Crippen LogP contribution in [0, 0.1) is 5.82 Å². The number of benzene rings is 1. The second-order valence-electron chi connectivity index (χ2n) is 3.90. The summed E-state index contributed by atoms with van der Waals surface area (Å²) in [6.07, 6.45) is 1.16. The zero-order chi connectivity index (χ0) is 10.3. The Labute approximate surface area is 93.5 Å². The van der Waals surface area contributed by atoms with Crippen LogP contribution in [0.5, 0.6) is 0 Å². The average Bonchev–Trinajstić information content (AvgIpc) is 2.82. The van der Waals surface area contributed by atoms with Crippen LogP contribution in [0.1, 0.15) is 18.0 Å². The maximum absolute atomic E-state index is 13.0. The molecule has 15 heavy (non-hydrogen) atoms. The van der Waals surface area contributed by atoms with E-state index in [1.807, 2.05) is 6.07 Å². The van der Waals surface area contributed by atoms with Crippen molar-refractivity contribution in [2.45, 2.75) is 12.3 Å². The van der Waals surface area contributed by atoms with Gasteiger partial charge < -0.3 is 0 Å². The molecule has 1 aliphatic heterocycles. The Morgan fingerprint density at radius 1 is 1.47 bits per heavy atom. The summed E-state index contributed by atoms with van der Waals surface area (Å²) in [4.78, 5) is 0. The molecule has 0 unspecified atom stereocenters. The fourth-order valence-electron chi connectivity index (χ4n) is 2.11. The van der Waals surface area contributed by atoms with Crippen LogP contribution in [-0.4, -0.2) is 31.8 Å². The normalized spacial score (nSPS) is 21.3. The van der Waals surface area contributed by atoms with E-state index >= 15 is 0 Å². The molecule has 0 aliphatic carbocycles. The number of halogens is 1. The molecule has 0 bridgehead atoms. The van der Waals surface area contributed by atoms with E-state index in [0.29, 0.717) is 5.92 Å². The molecule has 0 radical (unpaired) electrons. The van der Waals surface area contributed by atoms with E-state index in [0.717, 1.165) is 23.8 Å². The Balaban J connectivity index is 2.11. The Morgan fingerprint density at radius 3 is 3.20 bits per heavy atom. The molecular formula is C11H11FN2Se. The average molecular weight is 269 g/mol. The van der Waals surface area contributed by atoms with Gasteiger partial charge in [0, 0.05) is 0 Å². The van der Waals surface area contributed by atoms with Gasteiger partial charge in [0.05, 0.1) is 0 Å². The summed E-state index contributed by atoms with van der Waals surface area (Å²) in [5, 5.41) is 4.53. The van der Waals surface area contributed by atoms with Crippen molar-refractivity contribution in [3.63, 3.8) is 0 Å². The number of nitrogens with zero attached hydrogens (tertiary/aromatic N) is 1. The third kappa shape index (κ3) is 1.63. The molecule has 1 atom stereocenters. The summed E-state index contributed by atoms with van der Waals surface area (Å²) in [7, 11) is 0. The fraction of sp³-hybridized carbons (Fsp3) is 0.364. The molecule has 2 heterocycles. The summed E-state index contributed by atoms with van der Waals surface area (Å²) < 4.78 is 18.7. The number of nitrogens with one attached hydrogen (secondary N) is 1. The van der Waals surface area contributed by atoms with Crippen LogP contribution in [0.3, 0.4) is 0 Å². The van der Waals surface area contributed by atoms with Crippen molar-refractivity contribution in [3.8, 4) is 0 Å². The van der Waals surface area contributed by atoms with Crippen molar-refractivity contribution < 1.29 is 4.39 Å². The first-order valence-corrected chi connectivity index (χ1v) is 6.72. The Morgan fingerprint density at radius 2 is 2.40 bits per heavy atom. The van der Waals surface area contributed by atoms with Crippen LogP contribution in [0.2, 0.25) is 0 Å². The maximum atomic E-state index is 13.0. The van der Waals surface area contributed by atoms with Gasteiger partial charge in [-0.2, -0.15) is 0 Å². The molecule has 0 spiro atoms. The van der Waals surface area contributed by atoms with E-state index in [1.54, 1.807) is 6.07 Å². The predicted molar refractivity (Wildman–Crippen MR) is 58.9 cm³/mol.